The second kappa shape index (κ2) is 5.58. The molecule has 0 bridgehead atoms. The van der Waals surface area contributed by atoms with E-state index in [-0.39, 0.29) is 12.1 Å². The number of Topliss-reactive ketones (excluding diaryl/α,β-unsaturated/α-hetero) is 1. The highest BCUT2D eigenvalue weighted by Crippen LogP contribution is 2.30. The van der Waals surface area contributed by atoms with Crippen molar-refractivity contribution >= 4 is 29.1 Å². The van der Waals surface area contributed by atoms with Crippen LogP contribution in [-0.4, -0.2) is 29.2 Å². The van der Waals surface area contributed by atoms with Crippen LogP contribution in [0.1, 0.15) is 22.8 Å². The number of halogens is 1. The predicted molar refractivity (Wildman–Crippen MR) is 82.6 cm³/mol. The largest absolute Gasteiger partial charge is 0.325 e. The number of benzene rings is 1. The summed E-state index contributed by atoms with van der Waals surface area (Å²) in [5.41, 5.74) is -0.242. The lowest BCUT2D eigenvalue weighted by Crippen LogP contribution is -2.41. The zero-order valence-electron chi connectivity index (χ0n) is 12.2. The SMILES string of the molecule is C[C@]1(c2ccsc2)NC(=O)N(CC(=O)c2ccc(F)cc2)C1=O. The standard InChI is InChI=1S/C16H13FN2O3S/c1-16(11-6-7-23-9-11)14(21)19(15(22)18-16)8-13(20)10-2-4-12(17)5-3-10/h2-7,9H,8H2,1H3,(H,18,22)/t16-/m1/s1. The van der Waals surface area contributed by atoms with E-state index >= 15 is 0 Å². The molecule has 2 aromatic rings. The van der Waals surface area contributed by atoms with Crippen LogP contribution in [0.2, 0.25) is 0 Å². The highest BCUT2D eigenvalue weighted by molar-refractivity contribution is 7.08. The zero-order valence-corrected chi connectivity index (χ0v) is 13.0. The number of ketones is 1. The second-order valence-electron chi connectivity index (χ2n) is 5.39. The van der Waals surface area contributed by atoms with Gasteiger partial charge in [0.15, 0.2) is 5.78 Å². The van der Waals surface area contributed by atoms with Crippen LogP contribution in [0.25, 0.3) is 0 Å². The molecule has 1 saturated heterocycles. The highest BCUT2D eigenvalue weighted by Gasteiger charge is 2.49. The van der Waals surface area contributed by atoms with Gasteiger partial charge in [-0.2, -0.15) is 11.3 Å². The molecule has 1 N–H and O–H groups in total. The van der Waals surface area contributed by atoms with Crippen LogP contribution in [0.5, 0.6) is 0 Å². The first-order valence-electron chi connectivity index (χ1n) is 6.87. The Balaban J connectivity index is 1.81. The van der Waals surface area contributed by atoms with E-state index in [1.807, 2.05) is 5.38 Å². The Kier molecular flexibility index (Phi) is 3.73. The first kappa shape index (κ1) is 15.4. The van der Waals surface area contributed by atoms with Crippen LogP contribution >= 0.6 is 11.3 Å². The molecule has 1 fully saturated rings. The third-order valence-corrected chi connectivity index (χ3v) is 4.52. The first-order chi connectivity index (χ1) is 10.9. The number of amides is 3. The van der Waals surface area contributed by atoms with E-state index in [1.165, 1.54) is 23.5 Å². The van der Waals surface area contributed by atoms with Crippen molar-refractivity contribution in [1.82, 2.24) is 10.2 Å². The van der Waals surface area contributed by atoms with Gasteiger partial charge in [0, 0.05) is 5.56 Å². The molecule has 0 spiro atoms. The van der Waals surface area contributed by atoms with Gasteiger partial charge in [0.25, 0.3) is 5.91 Å². The maximum absolute atomic E-state index is 12.9. The molecule has 0 unspecified atom stereocenters. The van der Waals surface area contributed by atoms with Crippen molar-refractivity contribution in [2.75, 3.05) is 6.54 Å². The molecule has 3 amide bonds. The normalized spacial score (nSPS) is 20.7. The number of hydrogen-bond donors (Lipinski definition) is 1. The van der Waals surface area contributed by atoms with Crippen LogP contribution in [0.4, 0.5) is 9.18 Å². The monoisotopic (exact) mass is 332 g/mol. The summed E-state index contributed by atoms with van der Waals surface area (Å²) in [6.07, 6.45) is 0. The molecule has 0 aliphatic carbocycles. The number of thiophene rings is 1. The van der Waals surface area contributed by atoms with E-state index in [9.17, 15) is 18.8 Å². The molecule has 1 aliphatic heterocycles. The van der Waals surface area contributed by atoms with E-state index in [1.54, 1.807) is 18.4 Å². The number of carbonyl (C=O) groups excluding carboxylic acids is 3. The molecule has 23 heavy (non-hydrogen) atoms. The molecule has 1 aromatic carbocycles. The molecule has 5 nitrogen and oxygen atoms in total. The fourth-order valence-corrected chi connectivity index (χ4v) is 3.22. The minimum absolute atomic E-state index is 0.246. The van der Waals surface area contributed by atoms with Crippen LogP contribution in [0, 0.1) is 5.82 Å². The van der Waals surface area contributed by atoms with Gasteiger partial charge in [-0.1, -0.05) is 0 Å². The van der Waals surface area contributed by atoms with Crippen LogP contribution in [0.3, 0.4) is 0 Å². The van der Waals surface area contributed by atoms with Crippen LogP contribution < -0.4 is 5.32 Å². The van der Waals surface area contributed by atoms with Crippen molar-refractivity contribution in [3.8, 4) is 0 Å². The lowest BCUT2D eigenvalue weighted by Gasteiger charge is -2.20. The Morgan fingerprint density at radius 3 is 2.57 bits per heavy atom. The zero-order chi connectivity index (χ0) is 16.6. The fraction of sp³-hybridized carbons (Fsp3) is 0.188. The number of rotatable bonds is 4. The average molecular weight is 332 g/mol. The van der Waals surface area contributed by atoms with Gasteiger partial charge in [-0.05, 0) is 53.6 Å². The van der Waals surface area contributed by atoms with E-state index in [0.29, 0.717) is 5.56 Å². The van der Waals surface area contributed by atoms with E-state index < -0.39 is 29.1 Å². The summed E-state index contributed by atoms with van der Waals surface area (Å²) in [7, 11) is 0. The minimum atomic E-state index is -1.17. The number of nitrogens with zero attached hydrogens (tertiary/aromatic N) is 1. The Hall–Kier alpha value is -2.54. The molecule has 7 heteroatoms. The lowest BCUT2D eigenvalue weighted by atomic mass is 9.95. The number of imide groups is 1. The second-order valence-corrected chi connectivity index (χ2v) is 6.17. The van der Waals surface area contributed by atoms with Gasteiger partial charge in [-0.25, -0.2) is 9.18 Å². The number of nitrogens with one attached hydrogen (secondary N) is 1. The van der Waals surface area contributed by atoms with Gasteiger partial charge in [0.1, 0.15) is 11.4 Å². The molecule has 0 saturated carbocycles. The molecule has 1 aromatic heterocycles. The van der Waals surface area contributed by atoms with Gasteiger partial charge in [-0.3, -0.25) is 14.5 Å². The molecule has 2 heterocycles. The van der Waals surface area contributed by atoms with Gasteiger partial charge in [0.05, 0.1) is 6.54 Å². The summed E-state index contributed by atoms with van der Waals surface area (Å²) in [5.74, 6) is -1.36. The third kappa shape index (κ3) is 2.63. The first-order valence-corrected chi connectivity index (χ1v) is 7.81. The average Bonchev–Trinajstić information content (AvgIpc) is 3.12. The number of urea groups is 1. The summed E-state index contributed by atoms with van der Waals surface area (Å²) in [6.45, 7) is 1.23. The highest BCUT2D eigenvalue weighted by atomic mass is 32.1. The van der Waals surface area contributed by atoms with Gasteiger partial charge < -0.3 is 5.32 Å². The van der Waals surface area contributed by atoms with Gasteiger partial charge in [-0.15, -0.1) is 0 Å². The molecular weight excluding hydrogens is 319 g/mol. The van der Waals surface area contributed by atoms with Gasteiger partial charge >= 0.3 is 6.03 Å². The van der Waals surface area contributed by atoms with Crippen molar-refractivity contribution in [2.45, 2.75) is 12.5 Å². The predicted octanol–water partition coefficient (Wildman–Crippen LogP) is 2.54. The van der Waals surface area contributed by atoms with Crippen molar-refractivity contribution in [3.05, 3.63) is 58.0 Å². The minimum Gasteiger partial charge on any atom is -0.319 e. The Bertz CT molecular complexity index is 773. The Labute approximate surface area is 135 Å². The molecule has 3 rings (SSSR count). The molecule has 1 atom stereocenters. The van der Waals surface area contributed by atoms with Crippen molar-refractivity contribution < 1.29 is 18.8 Å². The summed E-state index contributed by atoms with van der Waals surface area (Å²) in [5, 5.41) is 6.22. The fourth-order valence-electron chi connectivity index (χ4n) is 2.46. The Morgan fingerprint density at radius 1 is 1.26 bits per heavy atom. The van der Waals surface area contributed by atoms with E-state index in [4.69, 9.17) is 0 Å². The maximum atomic E-state index is 12.9. The van der Waals surface area contributed by atoms with Gasteiger partial charge in [0.2, 0.25) is 0 Å². The molecular formula is C16H13FN2O3S. The van der Waals surface area contributed by atoms with Crippen LogP contribution in [-0.2, 0) is 10.3 Å². The van der Waals surface area contributed by atoms with E-state index in [0.717, 1.165) is 17.0 Å². The van der Waals surface area contributed by atoms with Crippen molar-refractivity contribution in [3.63, 3.8) is 0 Å². The van der Waals surface area contributed by atoms with Crippen molar-refractivity contribution in [2.24, 2.45) is 0 Å². The maximum Gasteiger partial charge on any atom is 0.325 e. The van der Waals surface area contributed by atoms with Crippen LogP contribution in [0.15, 0.2) is 41.1 Å². The number of carbonyl (C=O) groups is 3. The smallest absolute Gasteiger partial charge is 0.319 e. The third-order valence-electron chi connectivity index (χ3n) is 3.84. The topological polar surface area (TPSA) is 66.5 Å². The number of hydrogen-bond acceptors (Lipinski definition) is 4. The quantitative estimate of drug-likeness (QED) is 0.691. The molecule has 1 aliphatic rings. The summed E-state index contributed by atoms with van der Waals surface area (Å²) < 4.78 is 12.9. The molecule has 118 valence electrons. The Morgan fingerprint density at radius 2 is 1.96 bits per heavy atom. The summed E-state index contributed by atoms with van der Waals surface area (Å²) in [6, 6.07) is 6.12. The summed E-state index contributed by atoms with van der Waals surface area (Å²) in [4.78, 5) is 37.8. The molecule has 0 radical (unpaired) electrons. The van der Waals surface area contributed by atoms with Crippen molar-refractivity contribution in [1.29, 1.82) is 0 Å². The summed E-state index contributed by atoms with van der Waals surface area (Å²) >= 11 is 1.42. The lowest BCUT2D eigenvalue weighted by molar-refractivity contribution is -0.130. The van der Waals surface area contributed by atoms with E-state index in [2.05, 4.69) is 5.32 Å².